The van der Waals surface area contributed by atoms with E-state index in [0.29, 0.717) is 16.7 Å². The normalized spacial score (nSPS) is 19.0. The van der Waals surface area contributed by atoms with Crippen LogP contribution in [0.2, 0.25) is 0 Å². The van der Waals surface area contributed by atoms with Gasteiger partial charge in [-0.2, -0.15) is 5.06 Å². The molecule has 5 heteroatoms. The maximum atomic E-state index is 13.2. The number of rotatable bonds is 5. The molecule has 0 radical (unpaired) electrons. The van der Waals surface area contributed by atoms with Gasteiger partial charge in [-0.3, -0.25) is 9.63 Å². The van der Waals surface area contributed by atoms with E-state index < -0.39 is 5.72 Å². The van der Waals surface area contributed by atoms with Gasteiger partial charge in [0, 0.05) is 10.0 Å². The minimum absolute atomic E-state index is 0.170. The number of hydrogen-bond acceptors (Lipinski definition) is 3. The zero-order valence-electron chi connectivity index (χ0n) is 15.0. The smallest absolute Gasteiger partial charge is 0.281 e. The highest BCUT2D eigenvalue weighted by Crippen LogP contribution is 2.39. The second kappa shape index (κ2) is 7.72. The van der Waals surface area contributed by atoms with Gasteiger partial charge >= 0.3 is 0 Å². The van der Waals surface area contributed by atoms with Gasteiger partial charge in [0.15, 0.2) is 0 Å². The van der Waals surface area contributed by atoms with Crippen molar-refractivity contribution in [3.05, 3.63) is 112 Å². The molecule has 3 aromatic carbocycles. The zero-order valence-corrected chi connectivity index (χ0v) is 16.5. The topological polar surface area (TPSA) is 49.8 Å². The molecule has 0 saturated carbocycles. The Morgan fingerprint density at radius 1 is 0.893 bits per heavy atom. The molecule has 1 aliphatic heterocycles. The lowest BCUT2D eigenvalue weighted by Gasteiger charge is -2.32. The summed E-state index contributed by atoms with van der Waals surface area (Å²) >= 11 is 3.40. The highest BCUT2D eigenvalue weighted by atomic mass is 79.9. The van der Waals surface area contributed by atoms with Crippen molar-refractivity contribution in [2.45, 2.75) is 12.3 Å². The number of amides is 1. The van der Waals surface area contributed by atoms with Crippen LogP contribution in [0.25, 0.3) is 5.57 Å². The number of hydrogen-bond donors (Lipinski definition) is 1. The largest absolute Gasteiger partial charge is 0.362 e. The van der Waals surface area contributed by atoms with E-state index in [-0.39, 0.29) is 12.5 Å². The third kappa shape index (κ3) is 3.52. The molecule has 28 heavy (non-hydrogen) atoms. The van der Waals surface area contributed by atoms with Crippen molar-refractivity contribution in [2.75, 3.05) is 0 Å². The first-order valence-electron chi connectivity index (χ1n) is 8.86. The van der Waals surface area contributed by atoms with E-state index in [1.807, 2.05) is 72.8 Å². The molecule has 0 aromatic heterocycles. The molecule has 1 heterocycles. The summed E-state index contributed by atoms with van der Waals surface area (Å²) in [4.78, 5) is 19.0. The van der Waals surface area contributed by atoms with Crippen LogP contribution in [0.1, 0.15) is 16.7 Å². The molecule has 1 atom stereocenters. The summed E-state index contributed by atoms with van der Waals surface area (Å²) in [6.45, 7) is 0.170. The summed E-state index contributed by atoms with van der Waals surface area (Å²) in [5, 5.41) is 12.5. The van der Waals surface area contributed by atoms with Crippen molar-refractivity contribution in [3.8, 4) is 0 Å². The Balaban J connectivity index is 1.71. The van der Waals surface area contributed by atoms with E-state index in [4.69, 9.17) is 4.84 Å². The van der Waals surface area contributed by atoms with Gasteiger partial charge in [-0.25, -0.2) is 0 Å². The number of carbonyl (C=O) groups is 1. The number of hydroxylamine groups is 2. The summed E-state index contributed by atoms with van der Waals surface area (Å²) < 4.78 is 0.915. The molecule has 0 bridgehead atoms. The van der Waals surface area contributed by atoms with E-state index >= 15 is 0 Å². The summed E-state index contributed by atoms with van der Waals surface area (Å²) in [6, 6.07) is 26.0. The molecule has 0 fully saturated rings. The van der Waals surface area contributed by atoms with Gasteiger partial charge in [0.1, 0.15) is 6.61 Å². The fourth-order valence-corrected chi connectivity index (χ4v) is 3.44. The SMILES string of the molecule is O=C1C(c2ccc(Br)cc2)=CC(O)(c2ccccc2)N1OCc1ccccc1. The second-order valence-electron chi connectivity index (χ2n) is 6.52. The van der Waals surface area contributed by atoms with E-state index in [1.54, 1.807) is 18.2 Å². The average molecular weight is 436 g/mol. The number of nitrogens with zero attached hydrogens (tertiary/aromatic N) is 1. The van der Waals surface area contributed by atoms with Crippen molar-refractivity contribution in [1.29, 1.82) is 0 Å². The predicted octanol–water partition coefficient (Wildman–Crippen LogP) is 4.65. The molecule has 0 saturated heterocycles. The van der Waals surface area contributed by atoms with E-state index in [0.717, 1.165) is 15.1 Å². The van der Waals surface area contributed by atoms with Crippen LogP contribution in [-0.4, -0.2) is 16.1 Å². The molecule has 4 rings (SSSR count). The Morgan fingerprint density at radius 2 is 1.50 bits per heavy atom. The van der Waals surface area contributed by atoms with Crippen LogP contribution < -0.4 is 0 Å². The molecule has 0 aliphatic carbocycles. The molecule has 3 aromatic rings. The first kappa shape index (κ1) is 18.6. The molecule has 0 spiro atoms. The third-order valence-corrected chi connectivity index (χ3v) is 5.16. The van der Waals surface area contributed by atoms with Gasteiger partial charge in [-0.05, 0) is 29.3 Å². The second-order valence-corrected chi connectivity index (χ2v) is 7.43. The minimum Gasteiger partial charge on any atom is -0.362 e. The van der Waals surface area contributed by atoms with Gasteiger partial charge in [0.25, 0.3) is 5.91 Å². The predicted molar refractivity (Wildman–Crippen MR) is 111 cm³/mol. The number of halogens is 1. The van der Waals surface area contributed by atoms with Crippen LogP contribution in [0.5, 0.6) is 0 Å². The Hall–Kier alpha value is -2.73. The maximum absolute atomic E-state index is 13.2. The fourth-order valence-electron chi connectivity index (χ4n) is 3.18. The van der Waals surface area contributed by atoms with E-state index in [9.17, 15) is 9.90 Å². The third-order valence-electron chi connectivity index (χ3n) is 4.63. The maximum Gasteiger partial charge on any atom is 0.281 e. The van der Waals surface area contributed by atoms with Crippen LogP contribution >= 0.6 is 15.9 Å². The van der Waals surface area contributed by atoms with E-state index in [1.165, 1.54) is 0 Å². The Kier molecular flexibility index (Phi) is 5.13. The van der Waals surface area contributed by atoms with Crippen LogP contribution in [0.4, 0.5) is 0 Å². The number of carbonyl (C=O) groups excluding carboxylic acids is 1. The van der Waals surface area contributed by atoms with Crippen molar-refractivity contribution >= 4 is 27.4 Å². The quantitative estimate of drug-likeness (QED) is 0.634. The Morgan fingerprint density at radius 3 is 2.14 bits per heavy atom. The van der Waals surface area contributed by atoms with Crippen LogP contribution in [0.3, 0.4) is 0 Å². The Bertz CT molecular complexity index is 1000. The van der Waals surface area contributed by atoms with Crippen molar-refractivity contribution in [1.82, 2.24) is 5.06 Å². The molecule has 4 nitrogen and oxygen atoms in total. The standard InChI is InChI=1S/C23H18BrNO3/c24-20-13-11-18(12-14-20)21-15-23(27,19-9-5-2-6-10-19)25(22(21)26)28-16-17-7-3-1-4-8-17/h1-15,27H,16H2. The summed E-state index contributed by atoms with van der Waals surface area (Å²) in [5.74, 6) is -0.385. The van der Waals surface area contributed by atoms with Gasteiger partial charge in [-0.15, -0.1) is 0 Å². The molecule has 140 valence electrons. The molecule has 1 amide bonds. The first-order valence-corrected chi connectivity index (χ1v) is 9.65. The summed E-state index contributed by atoms with van der Waals surface area (Å²) in [7, 11) is 0. The summed E-state index contributed by atoms with van der Waals surface area (Å²) in [6.07, 6.45) is 1.55. The number of aliphatic hydroxyl groups is 1. The van der Waals surface area contributed by atoms with Crippen molar-refractivity contribution in [3.63, 3.8) is 0 Å². The average Bonchev–Trinajstić information content (AvgIpc) is 3.00. The molecule has 1 unspecified atom stereocenters. The van der Waals surface area contributed by atoms with Gasteiger partial charge in [-0.1, -0.05) is 88.7 Å². The lowest BCUT2D eigenvalue weighted by molar-refractivity contribution is -0.262. The zero-order chi connectivity index (χ0) is 19.6. The van der Waals surface area contributed by atoms with Crippen LogP contribution in [0.15, 0.2) is 95.5 Å². The van der Waals surface area contributed by atoms with Gasteiger partial charge in [0.2, 0.25) is 5.72 Å². The van der Waals surface area contributed by atoms with Crippen LogP contribution in [0, 0.1) is 0 Å². The first-order chi connectivity index (χ1) is 13.6. The van der Waals surface area contributed by atoms with Gasteiger partial charge in [0.05, 0.1) is 5.57 Å². The monoisotopic (exact) mass is 435 g/mol. The molecular formula is C23H18BrNO3. The Labute approximate surface area is 171 Å². The van der Waals surface area contributed by atoms with E-state index in [2.05, 4.69) is 15.9 Å². The minimum atomic E-state index is -1.68. The number of benzene rings is 3. The molecule has 1 N–H and O–H groups in total. The van der Waals surface area contributed by atoms with Crippen molar-refractivity contribution < 1.29 is 14.7 Å². The van der Waals surface area contributed by atoms with Crippen molar-refractivity contribution in [2.24, 2.45) is 0 Å². The molecular weight excluding hydrogens is 418 g/mol. The highest BCUT2D eigenvalue weighted by molar-refractivity contribution is 9.10. The van der Waals surface area contributed by atoms with Crippen LogP contribution in [-0.2, 0) is 22.0 Å². The lowest BCUT2D eigenvalue weighted by atomic mass is 10.0. The summed E-state index contributed by atoms with van der Waals surface area (Å²) in [5.41, 5.74) is 0.891. The van der Waals surface area contributed by atoms with Gasteiger partial charge < -0.3 is 5.11 Å². The highest BCUT2D eigenvalue weighted by Gasteiger charge is 2.47. The fraction of sp³-hybridized carbons (Fsp3) is 0.0870. The molecule has 1 aliphatic rings. The lowest BCUT2D eigenvalue weighted by Crippen LogP contribution is -2.43.